The molecule has 0 spiro atoms. The molecule has 2 aliphatic rings. The molecule has 2 aromatic carbocycles. The molecule has 31 heavy (non-hydrogen) atoms. The Kier molecular flexibility index (Phi) is 5.22. The zero-order chi connectivity index (χ0) is 22.2. The van der Waals surface area contributed by atoms with Gasteiger partial charge in [0, 0.05) is 12.5 Å². The molecule has 0 saturated carbocycles. The molecule has 0 aliphatic carbocycles. The van der Waals surface area contributed by atoms with Crippen LogP contribution in [0.25, 0.3) is 0 Å². The van der Waals surface area contributed by atoms with Crippen molar-refractivity contribution in [3.63, 3.8) is 0 Å². The van der Waals surface area contributed by atoms with Crippen LogP contribution in [0.3, 0.4) is 0 Å². The van der Waals surface area contributed by atoms with E-state index in [1.165, 1.54) is 4.90 Å². The average Bonchev–Trinajstić information content (AvgIpc) is 2.92. The van der Waals surface area contributed by atoms with Crippen molar-refractivity contribution in [3.8, 4) is 0 Å². The van der Waals surface area contributed by atoms with Crippen LogP contribution < -0.4 is 15.5 Å². The van der Waals surface area contributed by atoms with Crippen molar-refractivity contribution >= 4 is 35.1 Å². The highest BCUT2D eigenvalue weighted by Gasteiger charge is 2.52. The number of hydrogen-bond donors (Lipinski definition) is 2. The molecule has 0 radical (unpaired) electrons. The summed E-state index contributed by atoms with van der Waals surface area (Å²) < 4.78 is 0. The maximum Gasteiger partial charge on any atom is 0.325 e. The van der Waals surface area contributed by atoms with Crippen molar-refractivity contribution in [2.45, 2.75) is 38.3 Å². The Bertz CT molecular complexity index is 1050. The summed E-state index contributed by atoms with van der Waals surface area (Å²) in [6, 6.07) is 15.0. The minimum Gasteiger partial charge on any atom is -0.324 e. The Morgan fingerprint density at radius 2 is 1.74 bits per heavy atom. The van der Waals surface area contributed by atoms with Crippen LogP contribution in [0.15, 0.2) is 54.6 Å². The number of anilines is 2. The zero-order valence-corrected chi connectivity index (χ0v) is 17.4. The van der Waals surface area contributed by atoms with Crippen LogP contribution in [0.1, 0.15) is 32.3 Å². The van der Waals surface area contributed by atoms with Crippen LogP contribution >= 0.6 is 0 Å². The van der Waals surface area contributed by atoms with Gasteiger partial charge in [0.05, 0.1) is 11.4 Å². The van der Waals surface area contributed by atoms with E-state index in [1.54, 1.807) is 55.5 Å². The number of amides is 5. The number of carbonyl (C=O) groups is 4. The number of rotatable bonds is 4. The molecule has 160 valence electrons. The molecule has 0 bridgehead atoms. The van der Waals surface area contributed by atoms with E-state index in [-0.39, 0.29) is 12.3 Å². The van der Waals surface area contributed by atoms with E-state index in [2.05, 4.69) is 10.6 Å². The fourth-order valence-electron chi connectivity index (χ4n) is 4.31. The second-order valence-corrected chi connectivity index (χ2v) is 7.83. The molecule has 1 fully saturated rings. The molecule has 5 amide bonds. The fourth-order valence-corrected chi connectivity index (χ4v) is 4.31. The Hall–Kier alpha value is -3.68. The summed E-state index contributed by atoms with van der Waals surface area (Å²) in [5, 5.41) is 5.59. The highest BCUT2D eigenvalue weighted by molar-refractivity contribution is 6.12. The molecule has 4 rings (SSSR count). The molecule has 2 atom stereocenters. The van der Waals surface area contributed by atoms with Crippen molar-refractivity contribution < 1.29 is 19.2 Å². The van der Waals surface area contributed by atoms with Gasteiger partial charge in [0.1, 0.15) is 12.1 Å². The van der Waals surface area contributed by atoms with Gasteiger partial charge in [0.25, 0.3) is 5.91 Å². The van der Waals surface area contributed by atoms with Crippen LogP contribution in [0.2, 0.25) is 0 Å². The van der Waals surface area contributed by atoms with E-state index in [0.29, 0.717) is 23.4 Å². The first-order chi connectivity index (χ1) is 14.9. The van der Waals surface area contributed by atoms with E-state index in [4.69, 9.17) is 0 Å². The molecule has 1 saturated heterocycles. The Morgan fingerprint density at radius 3 is 2.45 bits per heavy atom. The van der Waals surface area contributed by atoms with Crippen molar-refractivity contribution in [1.29, 1.82) is 0 Å². The number of para-hydroxylation sites is 2. The smallest absolute Gasteiger partial charge is 0.324 e. The topological polar surface area (TPSA) is 98.8 Å². The summed E-state index contributed by atoms with van der Waals surface area (Å²) >= 11 is 0. The third kappa shape index (κ3) is 3.43. The molecule has 0 unspecified atom stereocenters. The maximum absolute atomic E-state index is 13.3. The molecule has 8 heteroatoms. The molecule has 2 N–H and O–H groups in total. The first-order valence-corrected chi connectivity index (χ1v) is 10.3. The highest BCUT2D eigenvalue weighted by atomic mass is 16.2. The summed E-state index contributed by atoms with van der Waals surface area (Å²) in [6.07, 6.45) is 0.469. The van der Waals surface area contributed by atoms with Crippen molar-refractivity contribution in [1.82, 2.24) is 10.2 Å². The fraction of sp³-hybridized carbons (Fsp3) is 0.304. The zero-order valence-electron chi connectivity index (χ0n) is 17.4. The molecular formula is C23H24N4O4. The Balaban J connectivity index is 1.64. The van der Waals surface area contributed by atoms with Gasteiger partial charge in [-0.15, -0.1) is 0 Å². The van der Waals surface area contributed by atoms with Gasteiger partial charge in [-0.05, 0) is 31.0 Å². The standard InChI is InChI=1S/C23H24N4O4/c1-3-23(16-9-5-4-6-10-16)21(30)26(22(31)25-23)14-20(29)27-15(2)13-19(28)24-17-11-7-8-12-18(17)27/h4-12,15H,3,13-14H2,1-2H3,(H,24,28)(H,25,31)/t15-,23-/m0/s1. The number of fused-ring (bicyclic) bond motifs is 1. The molecule has 2 aromatic rings. The van der Waals surface area contributed by atoms with E-state index in [1.807, 2.05) is 13.0 Å². The van der Waals surface area contributed by atoms with E-state index in [0.717, 1.165) is 4.90 Å². The van der Waals surface area contributed by atoms with Crippen LogP contribution in [-0.4, -0.2) is 41.2 Å². The first-order valence-electron chi connectivity index (χ1n) is 10.3. The number of urea groups is 1. The second-order valence-electron chi connectivity index (χ2n) is 7.83. The number of carbonyl (C=O) groups excluding carboxylic acids is 4. The summed E-state index contributed by atoms with van der Waals surface area (Å²) in [5.41, 5.74) is 0.546. The van der Waals surface area contributed by atoms with E-state index < -0.39 is 36.0 Å². The monoisotopic (exact) mass is 420 g/mol. The van der Waals surface area contributed by atoms with Gasteiger partial charge in [-0.3, -0.25) is 19.3 Å². The lowest BCUT2D eigenvalue weighted by atomic mass is 9.87. The third-order valence-electron chi connectivity index (χ3n) is 5.89. The summed E-state index contributed by atoms with van der Waals surface area (Å²) in [7, 11) is 0. The van der Waals surface area contributed by atoms with Crippen molar-refractivity contribution in [2.75, 3.05) is 16.8 Å². The average molecular weight is 420 g/mol. The minimum atomic E-state index is -1.20. The number of hydrogen-bond acceptors (Lipinski definition) is 4. The molecule has 2 heterocycles. The SMILES string of the molecule is CC[C@@]1(c2ccccc2)NC(=O)N(CC(=O)N2c3ccccc3NC(=O)C[C@@H]2C)C1=O. The molecule has 8 nitrogen and oxygen atoms in total. The highest BCUT2D eigenvalue weighted by Crippen LogP contribution is 2.34. The third-order valence-corrected chi connectivity index (χ3v) is 5.89. The number of benzene rings is 2. The lowest BCUT2D eigenvalue weighted by Gasteiger charge is -2.29. The van der Waals surface area contributed by atoms with Gasteiger partial charge in [0.15, 0.2) is 0 Å². The number of imide groups is 1. The largest absolute Gasteiger partial charge is 0.325 e. The van der Waals surface area contributed by atoms with Gasteiger partial charge in [-0.2, -0.15) is 0 Å². The van der Waals surface area contributed by atoms with Gasteiger partial charge in [-0.1, -0.05) is 49.4 Å². The molecule has 2 aliphatic heterocycles. The van der Waals surface area contributed by atoms with Gasteiger partial charge >= 0.3 is 6.03 Å². The quantitative estimate of drug-likeness (QED) is 0.743. The van der Waals surface area contributed by atoms with Crippen LogP contribution in [0, 0.1) is 0 Å². The van der Waals surface area contributed by atoms with Gasteiger partial charge in [0.2, 0.25) is 11.8 Å². The first kappa shape index (κ1) is 20.6. The van der Waals surface area contributed by atoms with E-state index in [9.17, 15) is 19.2 Å². The summed E-state index contributed by atoms with van der Waals surface area (Å²) in [5.74, 6) is -1.08. The lowest BCUT2D eigenvalue weighted by molar-refractivity contribution is -0.135. The van der Waals surface area contributed by atoms with Crippen LogP contribution in [-0.2, 0) is 19.9 Å². The molecule has 0 aromatic heterocycles. The number of nitrogens with one attached hydrogen (secondary N) is 2. The predicted molar refractivity (Wildman–Crippen MR) is 115 cm³/mol. The maximum atomic E-state index is 13.3. The van der Waals surface area contributed by atoms with Crippen LogP contribution in [0.5, 0.6) is 0 Å². The minimum absolute atomic E-state index is 0.115. The normalized spacial score (nSPS) is 23.2. The Labute approximate surface area is 180 Å². The van der Waals surface area contributed by atoms with Crippen LogP contribution in [0.4, 0.5) is 16.2 Å². The van der Waals surface area contributed by atoms with Crippen molar-refractivity contribution in [3.05, 3.63) is 60.2 Å². The molecular weight excluding hydrogens is 396 g/mol. The summed E-state index contributed by atoms with van der Waals surface area (Å²) in [6.45, 7) is 3.18. The predicted octanol–water partition coefficient (Wildman–Crippen LogP) is 2.61. The van der Waals surface area contributed by atoms with E-state index >= 15 is 0 Å². The Morgan fingerprint density at radius 1 is 1.06 bits per heavy atom. The number of nitrogens with zero attached hydrogens (tertiary/aromatic N) is 2. The van der Waals surface area contributed by atoms with Gasteiger partial charge in [-0.25, -0.2) is 4.79 Å². The summed E-state index contributed by atoms with van der Waals surface area (Å²) in [4.78, 5) is 54.1. The second kappa shape index (κ2) is 7.86. The lowest BCUT2D eigenvalue weighted by Crippen LogP contribution is -2.48. The van der Waals surface area contributed by atoms with Crippen molar-refractivity contribution in [2.24, 2.45) is 0 Å². The van der Waals surface area contributed by atoms with Gasteiger partial charge < -0.3 is 15.5 Å².